The van der Waals surface area contributed by atoms with Crippen LogP contribution in [0.25, 0.3) is 11.2 Å². The monoisotopic (exact) mass is 591 g/mol. The molecular formula is C24H24Cl2F5N7O. The molecule has 1 amide bonds. The summed E-state index contributed by atoms with van der Waals surface area (Å²) < 4.78 is 68.1. The van der Waals surface area contributed by atoms with Gasteiger partial charge in [-0.05, 0) is 37.8 Å². The SMILES string of the molecule is C[C@]1(C(N)=O)CC[C@@H](n2c(Nc3c(Cl)cc(C(F)(F)F)cc3Cl)nc3cnc(NC4CC(F)(F)C4)nc32)CC1. The van der Waals surface area contributed by atoms with Crippen LogP contribution in [0.4, 0.5) is 39.5 Å². The van der Waals surface area contributed by atoms with Crippen molar-refractivity contribution in [2.45, 2.75) is 69.6 Å². The topological polar surface area (TPSA) is 111 Å². The quantitative estimate of drug-likeness (QED) is 0.275. The van der Waals surface area contributed by atoms with Crippen molar-refractivity contribution in [2.75, 3.05) is 10.6 Å². The first-order valence-electron chi connectivity index (χ1n) is 12.2. The molecule has 8 nitrogen and oxygen atoms in total. The minimum absolute atomic E-state index is 0.0173. The molecule has 5 rings (SSSR count). The number of fused-ring (bicyclic) bond motifs is 1. The number of amides is 1. The van der Waals surface area contributed by atoms with Crippen LogP contribution in [-0.2, 0) is 11.0 Å². The molecule has 2 aliphatic carbocycles. The molecule has 0 unspecified atom stereocenters. The Morgan fingerprint density at radius 2 is 1.74 bits per heavy atom. The van der Waals surface area contributed by atoms with Gasteiger partial charge in [-0.2, -0.15) is 18.2 Å². The maximum Gasteiger partial charge on any atom is 0.416 e. The van der Waals surface area contributed by atoms with E-state index in [-0.39, 0.29) is 46.5 Å². The zero-order chi connectivity index (χ0) is 28.3. The lowest BCUT2D eigenvalue weighted by Gasteiger charge is -2.36. The van der Waals surface area contributed by atoms with Gasteiger partial charge in [0, 0.05) is 30.3 Å². The van der Waals surface area contributed by atoms with E-state index >= 15 is 0 Å². The fourth-order valence-corrected chi connectivity index (χ4v) is 5.63. The largest absolute Gasteiger partial charge is 0.416 e. The van der Waals surface area contributed by atoms with Crippen LogP contribution in [0.1, 0.15) is 57.1 Å². The lowest BCUT2D eigenvalue weighted by Crippen LogP contribution is -2.44. The first kappa shape index (κ1) is 27.6. The molecule has 0 bridgehead atoms. The van der Waals surface area contributed by atoms with E-state index in [1.165, 1.54) is 6.20 Å². The predicted octanol–water partition coefficient (Wildman–Crippen LogP) is 6.71. The number of hydrogen-bond donors (Lipinski definition) is 3. The molecule has 2 aliphatic rings. The number of aromatic nitrogens is 4. The van der Waals surface area contributed by atoms with Crippen molar-refractivity contribution < 1.29 is 26.7 Å². The molecule has 2 fully saturated rings. The second-order valence-electron chi connectivity index (χ2n) is 10.4. The van der Waals surface area contributed by atoms with E-state index in [1.54, 1.807) is 11.5 Å². The van der Waals surface area contributed by atoms with E-state index in [1.807, 2.05) is 0 Å². The number of halogens is 7. The molecular weight excluding hydrogens is 568 g/mol. The fourth-order valence-electron chi connectivity index (χ4n) is 5.05. The van der Waals surface area contributed by atoms with Gasteiger partial charge in [0.1, 0.15) is 5.52 Å². The number of alkyl halides is 5. The van der Waals surface area contributed by atoms with Crippen molar-refractivity contribution in [1.29, 1.82) is 0 Å². The molecule has 0 spiro atoms. The normalized spacial score (nSPS) is 23.4. The van der Waals surface area contributed by atoms with E-state index in [0.717, 1.165) is 12.1 Å². The minimum Gasteiger partial charge on any atom is -0.369 e. The van der Waals surface area contributed by atoms with Crippen molar-refractivity contribution in [3.63, 3.8) is 0 Å². The lowest BCUT2D eigenvalue weighted by atomic mass is 9.73. The van der Waals surface area contributed by atoms with Gasteiger partial charge in [0.2, 0.25) is 17.8 Å². The Labute approximate surface area is 229 Å². The van der Waals surface area contributed by atoms with Gasteiger partial charge in [-0.1, -0.05) is 30.1 Å². The molecule has 0 saturated heterocycles. The van der Waals surface area contributed by atoms with E-state index in [0.29, 0.717) is 36.8 Å². The Bertz CT molecular complexity index is 1410. The molecule has 3 aromatic rings. The number of primary amides is 1. The molecule has 2 aromatic heterocycles. The van der Waals surface area contributed by atoms with Crippen LogP contribution in [0.5, 0.6) is 0 Å². The summed E-state index contributed by atoms with van der Waals surface area (Å²) in [6, 6.07) is 0.810. The highest BCUT2D eigenvalue weighted by Crippen LogP contribution is 2.45. The van der Waals surface area contributed by atoms with Crippen LogP contribution in [0.3, 0.4) is 0 Å². The Balaban J connectivity index is 1.53. The molecule has 210 valence electrons. The summed E-state index contributed by atoms with van der Waals surface area (Å²) in [7, 11) is 0. The fraction of sp³-hybridized carbons (Fsp3) is 0.500. The molecule has 1 aromatic carbocycles. The van der Waals surface area contributed by atoms with Crippen LogP contribution in [0.15, 0.2) is 18.3 Å². The van der Waals surface area contributed by atoms with Crippen molar-refractivity contribution in [2.24, 2.45) is 11.1 Å². The lowest BCUT2D eigenvalue weighted by molar-refractivity contribution is -0.137. The summed E-state index contributed by atoms with van der Waals surface area (Å²) in [6.07, 6.45) is -1.86. The second-order valence-corrected chi connectivity index (χ2v) is 11.2. The van der Waals surface area contributed by atoms with Gasteiger partial charge in [0.15, 0.2) is 5.65 Å². The Kier molecular flexibility index (Phi) is 6.81. The number of nitrogens with zero attached hydrogens (tertiary/aromatic N) is 4. The third-order valence-electron chi connectivity index (χ3n) is 7.48. The second kappa shape index (κ2) is 9.61. The Hall–Kier alpha value is -2.93. The smallest absolute Gasteiger partial charge is 0.369 e. The van der Waals surface area contributed by atoms with Crippen molar-refractivity contribution in [1.82, 2.24) is 19.5 Å². The minimum atomic E-state index is -4.64. The van der Waals surface area contributed by atoms with Gasteiger partial charge in [-0.3, -0.25) is 9.36 Å². The molecule has 0 aliphatic heterocycles. The third kappa shape index (κ3) is 5.43. The van der Waals surface area contributed by atoms with E-state index in [4.69, 9.17) is 28.9 Å². The first-order chi connectivity index (χ1) is 18.1. The van der Waals surface area contributed by atoms with E-state index < -0.39 is 35.0 Å². The summed E-state index contributed by atoms with van der Waals surface area (Å²) in [5.41, 5.74) is 4.66. The summed E-state index contributed by atoms with van der Waals surface area (Å²) in [6.45, 7) is 1.80. The number of nitrogens with two attached hydrogens (primary N) is 1. The third-order valence-corrected chi connectivity index (χ3v) is 8.08. The highest BCUT2D eigenvalue weighted by Gasteiger charge is 2.45. The number of rotatable bonds is 6. The van der Waals surface area contributed by atoms with E-state index in [9.17, 15) is 26.7 Å². The molecule has 39 heavy (non-hydrogen) atoms. The summed E-state index contributed by atoms with van der Waals surface area (Å²) in [5, 5.41) is 5.33. The van der Waals surface area contributed by atoms with Crippen molar-refractivity contribution in [3.8, 4) is 0 Å². The average molecular weight is 592 g/mol. The molecule has 4 N–H and O–H groups in total. The maximum absolute atomic E-state index is 13.3. The number of imidazole rings is 1. The van der Waals surface area contributed by atoms with Gasteiger partial charge < -0.3 is 16.4 Å². The number of carbonyl (C=O) groups is 1. The van der Waals surface area contributed by atoms with Crippen LogP contribution >= 0.6 is 23.2 Å². The maximum atomic E-state index is 13.3. The molecule has 2 heterocycles. The zero-order valence-corrected chi connectivity index (χ0v) is 22.1. The number of benzene rings is 1. The molecule has 0 radical (unpaired) electrons. The van der Waals surface area contributed by atoms with E-state index in [2.05, 4.69) is 25.6 Å². The van der Waals surface area contributed by atoms with Crippen LogP contribution in [0, 0.1) is 5.41 Å². The Morgan fingerprint density at radius 3 is 2.28 bits per heavy atom. The standard InChI is InChI=1S/C24H24Cl2F5N7O/c1-22(19(32)39)4-2-13(3-5-22)38-18-16(10-33-20(37-18)34-12-8-23(27,28)9-12)35-21(38)36-17-14(25)6-11(7-15(17)26)24(29,30)31/h6-7,10,12-13H,2-5,8-9H2,1H3,(H2,32,39)(H,35,36)(H,33,34,37)/t13-,22+. The van der Waals surface area contributed by atoms with Gasteiger partial charge >= 0.3 is 6.18 Å². The number of carbonyl (C=O) groups excluding carboxylic acids is 1. The van der Waals surface area contributed by atoms with Gasteiger partial charge in [0.05, 0.1) is 27.5 Å². The first-order valence-corrected chi connectivity index (χ1v) is 12.9. The number of hydrogen-bond acceptors (Lipinski definition) is 6. The number of nitrogens with one attached hydrogen (secondary N) is 2. The predicted molar refractivity (Wildman–Crippen MR) is 136 cm³/mol. The molecule has 2 saturated carbocycles. The van der Waals surface area contributed by atoms with Gasteiger partial charge in [0.25, 0.3) is 5.92 Å². The molecule has 15 heteroatoms. The average Bonchev–Trinajstić information content (AvgIpc) is 3.17. The number of anilines is 3. The van der Waals surface area contributed by atoms with Crippen LogP contribution < -0.4 is 16.4 Å². The van der Waals surface area contributed by atoms with Crippen molar-refractivity contribution in [3.05, 3.63) is 33.9 Å². The highest BCUT2D eigenvalue weighted by molar-refractivity contribution is 6.39. The summed E-state index contributed by atoms with van der Waals surface area (Å²) in [5.74, 6) is -2.79. The van der Waals surface area contributed by atoms with Gasteiger partial charge in [-0.15, -0.1) is 0 Å². The Morgan fingerprint density at radius 1 is 1.13 bits per heavy atom. The van der Waals surface area contributed by atoms with Crippen LogP contribution in [-0.4, -0.2) is 37.4 Å². The van der Waals surface area contributed by atoms with Gasteiger partial charge in [-0.25, -0.2) is 18.7 Å². The summed E-state index contributed by atoms with van der Waals surface area (Å²) in [4.78, 5) is 25.2. The highest BCUT2D eigenvalue weighted by atomic mass is 35.5. The zero-order valence-electron chi connectivity index (χ0n) is 20.5. The van der Waals surface area contributed by atoms with Crippen LogP contribution in [0.2, 0.25) is 10.0 Å². The van der Waals surface area contributed by atoms with Crippen molar-refractivity contribution >= 4 is 57.9 Å². The molecule has 0 atom stereocenters. The summed E-state index contributed by atoms with van der Waals surface area (Å²) >= 11 is 12.4.